The van der Waals surface area contributed by atoms with Gasteiger partial charge in [-0.15, -0.1) is 0 Å². The maximum atomic E-state index is 12.3. The van der Waals surface area contributed by atoms with Crippen LogP contribution in [0.3, 0.4) is 0 Å². The van der Waals surface area contributed by atoms with E-state index in [1.54, 1.807) is 36.4 Å². The number of para-hydroxylation sites is 1. The average molecular weight is 365 g/mol. The first-order valence-corrected chi connectivity index (χ1v) is 8.44. The average Bonchev–Trinajstić information content (AvgIpc) is 3.23. The zero-order valence-corrected chi connectivity index (χ0v) is 14.6. The van der Waals surface area contributed by atoms with E-state index in [1.807, 2.05) is 30.3 Å². The summed E-state index contributed by atoms with van der Waals surface area (Å²) < 4.78 is 15.9. The van der Waals surface area contributed by atoms with Gasteiger partial charge >= 0.3 is 5.97 Å². The molecule has 3 aromatic rings. The molecule has 0 aliphatic heterocycles. The van der Waals surface area contributed by atoms with Crippen molar-refractivity contribution in [2.24, 2.45) is 0 Å². The van der Waals surface area contributed by atoms with E-state index in [1.165, 1.54) is 6.26 Å². The van der Waals surface area contributed by atoms with Crippen LogP contribution in [0, 0.1) is 0 Å². The Labute approximate surface area is 156 Å². The number of amides is 1. The summed E-state index contributed by atoms with van der Waals surface area (Å²) in [6.45, 7) is 0.182. The normalized spacial score (nSPS) is 10.2. The number of benzene rings is 2. The van der Waals surface area contributed by atoms with Crippen molar-refractivity contribution in [2.75, 3.05) is 6.61 Å². The van der Waals surface area contributed by atoms with E-state index in [4.69, 9.17) is 13.9 Å². The van der Waals surface area contributed by atoms with Gasteiger partial charge in [-0.3, -0.25) is 4.79 Å². The van der Waals surface area contributed by atoms with Crippen molar-refractivity contribution >= 4 is 11.9 Å². The maximum Gasteiger partial charge on any atom is 0.342 e. The monoisotopic (exact) mass is 365 g/mol. The predicted molar refractivity (Wildman–Crippen MR) is 98.1 cm³/mol. The molecule has 138 valence electrons. The van der Waals surface area contributed by atoms with Crippen LogP contribution in [-0.4, -0.2) is 18.5 Å². The van der Waals surface area contributed by atoms with Gasteiger partial charge < -0.3 is 19.2 Å². The summed E-state index contributed by atoms with van der Waals surface area (Å²) in [6, 6.07) is 19.9. The topological polar surface area (TPSA) is 77.8 Å². The third-order valence-corrected chi connectivity index (χ3v) is 3.72. The van der Waals surface area contributed by atoms with Crippen LogP contribution >= 0.6 is 0 Å². The second-order valence-corrected chi connectivity index (χ2v) is 5.70. The minimum Gasteiger partial charge on any atom is -0.488 e. The van der Waals surface area contributed by atoms with Crippen LogP contribution in [0.1, 0.15) is 21.7 Å². The molecule has 0 saturated carbocycles. The van der Waals surface area contributed by atoms with Crippen molar-refractivity contribution < 1.29 is 23.5 Å². The SMILES string of the molecule is O=C(COC(=O)c1ccccc1OCc1ccccc1)NCc1ccco1. The molecule has 1 N–H and O–H groups in total. The number of hydrogen-bond donors (Lipinski definition) is 1. The number of ether oxygens (including phenoxy) is 2. The Bertz CT molecular complexity index is 875. The Morgan fingerprint density at radius 3 is 2.48 bits per heavy atom. The lowest BCUT2D eigenvalue weighted by molar-refractivity contribution is -0.124. The number of hydrogen-bond acceptors (Lipinski definition) is 5. The standard InChI is InChI=1S/C21H19NO5/c23-20(22-13-17-9-6-12-25-17)15-27-21(24)18-10-4-5-11-19(18)26-14-16-7-2-1-3-8-16/h1-12H,13-15H2,(H,22,23). The van der Waals surface area contributed by atoms with Gasteiger partial charge in [0.15, 0.2) is 6.61 Å². The molecule has 0 radical (unpaired) electrons. The molecule has 2 aromatic carbocycles. The minimum absolute atomic E-state index is 0.236. The van der Waals surface area contributed by atoms with Gasteiger partial charge in [0, 0.05) is 0 Å². The number of carbonyl (C=O) groups is 2. The van der Waals surface area contributed by atoms with Crippen molar-refractivity contribution in [2.45, 2.75) is 13.2 Å². The number of furan rings is 1. The number of nitrogens with one attached hydrogen (secondary N) is 1. The summed E-state index contributed by atoms with van der Waals surface area (Å²) in [7, 11) is 0. The summed E-state index contributed by atoms with van der Waals surface area (Å²) in [5.41, 5.74) is 1.25. The first-order chi connectivity index (χ1) is 13.2. The maximum absolute atomic E-state index is 12.3. The summed E-state index contributed by atoms with van der Waals surface area (Å²) in [6.07, 6.45) is 1.52. The fraction of sp³-hybridized carbons (Fsp3) is 0.143. The van der Waals surface area contributed by atoms with E-state index in [-0.39, 0.29) is 18.7 Å². The van der Waals surface area contributed by atoms with E-state index in [0.29, 0.717) is 18.1 Å². The number of rotatable bonds is 8. The fourth-order valence-electron chi connectivity index (χ4n) is 2.36. The minimum atomic E-state index is -0.619. The van der Waals surface area contributed by atoms with Crippen LogP contribution in [0.15, 0.2) is 77.4 Å². The Morgan fingerprint density at radius 2 is 1.70 bits per heavy atom. The summed E-state index contributed by atoms with van der Waals surface area (Å²) in [5.74, 6) is -0.00840. The quantitative estimate of drug-likeness (QED) is 0.620. The van der Waals surface area contributed by atoms with E-state index in [9.17, 15) is 9.59 Å². The Morgan fingerprint density at radius 1 is 0.926 bits per heavy atom. The van der Waals surface area contributed by atoms with Gasteiger partial charge in [0.05, 0.1) is 12.8 Å². The summed E-state index contributed by atoms with van der Waals surface area (Å²) in [4.78, 5) is 24.1. The Kier molecular flexibility index (Phi) is 6.25. The predicted octanol–water partition coefficient (Wildman–Crippen LogP) is 3.33. The molecule has 3 rings (SSSR count). The lowest BCUT2D eigenvalue weighted by atomic mass is 10.2. The van der Waals surface area contributed by atoms with Crippen LogP contribution in [0.25, 0.3) is 0 Å². The second-order valence-electron chi connectivity index (χ2n) is 5.70. The third-order valence-electron chi connectivity index (χ3n) is 3.72. The zero-order chi connectivity index (χ0) is 18.9. The largest absolute Gasteiger partial charge is 0.488 e. The van der Waals surface area contributed by atoms with Crippen LogP contribution in [0.5, 0.6) is 5.75 Å². The molecule has 0 saturated heterocycles. The van der Waals surface area contributed by atoms with E-state index in [0.717, 1.165) is 5.56 Å². The molecule has 0 fully saturated rings. The highest BCUT2D eigenvalue weighted by atomic mass is 16.5. The van der Waals surface area contributed by atoms with Gasteiger partial charge in [-0.2, -0.15) is 0 Å². The number of carbonyl (C=O) groups excluding carboxylic acids is 2. The first-order valence-electron chi connectivity index (χ1n) is 8.44. The molecule has 1 heterocycles. The van der Waals surface area contributed by atoms with Gasteiger partial charge in [0.1, 0.15) is 23.7 Å². The first kappa shape index (κ1) is 18.3. The van der Waals surface area contributed by atoms with Crippen molar-refractivity contribution in [1.82, 2.24) is 5.32 Å². The highest BCUT2D eigenvalue weighted by molar-refractivity contribution is 5.93. The van der Waals surface area contributed by atoms with Crippen LogP contribution in [-0.2, 0) is 22.7 Å². The van der Waals surface area contributed by atoms with Crippen LogP contribution < -0.4 is 10.1 Å². The zero-order valence-electron chi connectivity index (χ0n) is 14.6. The van der Waals surface area contributed by atoms with E-state index in [2.05, 4.69) is 5.32 Å². The van der Waals surface area contributed by atoms with Gasteiger partial charge in [-0.05, 0) is 29.8 Å². The molecular weight excluding hydrogens is 346 g/mol. The second kappa shape index (κ2) is 9.24. The summed E-state index contributed by atoms with van der Waals surface area (Å²) >= 11 is 0. The van der Waals surface area contributed by atoms with Gasteiger partial charge in [-0.1, -0.05) is 42.5 Å². The highest BCUT2D eigenvalue weighted by Crippen LogP contribution is 2.20. The molecule has 0 spiro atoms. The Hall–Kier alpha value is -3.54. The lowest BCUT2D eigenvalue weighted by Crippen LogP contribution is -2.28. The van der Waals surface area contributed by atoms with Crippen molar-refractivity contribution in [3.8, 4) is 5.75 Å². The molecule has 0 aliphatic rings. The van der Waals surface area contributed by atoms with E-state index >= 15 is 0 Å². The van der Waals surface area contributed by atoms with Crippen molar-refractivity contribution in [3.63, 3.8) is 0 Å². The smallest absolute Gasteiger partial charge is 0.342 e. The molecule has 27 heavy (non-hydrogen) atoms. The molecule has 6 nitrogen and oxygen atoms in total. The molecule has 1 aromatic heterocycles. The van der Waals surface area contributed by atoms with Gasteiger partial charge in [0.2, 0.25) is 0 Å². The molecule has 0 bridgehead atoms. The molecule has 1 amide bonds. The lowest BCUT2D eigenvalue weighted by Gasteiger charge is -2.11. The van der Waals surface area contributed by atoms with Crippen LogP contribution in [0.4, 0.5) is 0 Å². The molecule has 6 heteroatoms. The molecule has 0 aliphatic carbocycles. The highest BCUT2D eigenvalue weighted by Gasteiger charge is 2.15. The fourth-order valence-corrected chi connectivity index (χ4v) is 2.36. The summed E-state index contributed by atoms with van der Waals surface area (Å²) in [5, 5.41) is 2.61. The number of esters is 1. The van der Waals surface area contributed by atoms with Crippen LogP contribution in [0.2, 0.25) is 0 Å². The molecular formula is C21H19NO5. The molecule has 0 unspecified atom stereocenters. The van der Waals surface area contributed by atoms with Crippen molar-refractivity contribution in [1.29, 1.82) is 0 Å². The third kappa shape index (κ3) is 5.47. The molecule has 0 atom stereocenters. The van der Waals surface area contributed by atoms with E-state index < -0.39 is 11.9 Å². The van der Waals surface area contributed by atoms with Gasteiger partial charge in [-0.25, -0.2) is 4.79 Å². The van der Waals surface area contributed by atoms with Gasteiger partial charge in [0.25, 0.3) is 5.91 Å². The van der Waals surface area contributed by atoms with Crippen molar-refractivity contribution in [3.05, 3.63) is 89.9 Å². The Balaban J connectivity index is 1.52.